The summed E-state index contributed by atoms with van der Waals surface area (Å²) in [4.78, 5) is 22.3. The summed E-state index contributed by atoms with van der Waals surface area (Å²) in [5.74, 6) is 0.233. The molecule has 0 aliphatic carbocycles. The second-order valence-electron chi connectivity index (χ2n) is 5.40. The predicted molar refractivity (Wildman–Crippen MR) is 59.8 cm³/mol. The van der Waals surface area contributed by atoms with E-state index in [0.717, 1.165) is 6.42 Å². The van der Waals surface area contributed by atoms with Gasteiger partial charge < -0.3 is 5.11 Å². The highest BCUT2D eigenvalue weighted by molar-refractivity contribution is 5.78. The van der Waals surface area contributed by atoms with E-state index in [2.05, 4.69) is 5.43 Å². The first kappa shape index (κ1) is 13.0. The lowest BCUT2D eigenvalue weighted by atomic mass is 10.0. The van der Waals surface area contributed by atoms with E-state index in [1.807, 2.05) is 20.8 Å². The molecule has 1 heterocycles. The monoisotopic (exact) mass is 229 g/mol. The first-order chi connectivity index (χ1) is 7.27. The van der Waals surface area contributed by atoms with Gasteiger partial charge in [0.1, 0.15) is 24.4 Å². The Kier molecular flexibility index (Phi) is 3.57. The van der Waals surface area contributed by atoms with E-state index in [4.69, 9.17) is 5.11 Å². The van der Waals surface area contributed by atoms with Crippen molar-refractivity contribution in [3.8, 4) is 0 Å². The molecule has 0 bridgehead atoms. The first-order valence-electron chi connectivity index (χ1n) is 5.67. The van der Waals surface area contributed by atoms with Gasteiger partial charge in [0, 0.05) is 12.8 Å². The molecule has 92 valence electrons. The van der Waals surface area contributed by atoms with Gasteiger partial charge in [0.25, 0.3) is 0 Å². The average Bonchev–Trinajstić information content (AvgIpc) is 2.27. The molecular formula is C11H21N2O3+. The van der Waals surface area contributed by atoms with Crippen molar-refractivity contribution in [1.82, 2.24) is 5.43 Å². The van der Waals surface area contributed by atoms with Crippen molar-refractivity contribution in [3.63, 3.8) is 0 Å². The minimum Gasteiger partial charge on any atom is -0.462 e. The van der Waals surface area contributed by atoms with Crippen LogP contribution in [0.25, 0.3) is 0 Å². The molecule has 1 rings (SSSR count). The number of ketones is 1. The average molecular weight is 229 g/mol. The summed E-state index contributed by atoms with van der Waals surface area (Å²) < 4.78 is 0.272. The van der Waals surface area contributed by atoms with Crippen molar-refractivity contribution in [2.75, 3.05) is 13.1 Å². The topological polar surface area (TPSA) is 66.4 Å². The Balaban J connectivity index is 2.94. The molecule has 1 fully saturated rings. The third-order valence-electron chi connectivity index (χ3n) is 3.36. The number of quaternary nitrogens is 1. The van der Waals surface area contributed by atoms with Crippen LogP contribution in [-0.4, -0.2) is 40.2 Å². The van der Waals surface area contributed by atoms with Gasteiger partial charge in [-0.25, -0.2) is 9.39 Å². The van der Waals surface area contributed by atoms with Crippen LogP contribution in [0.5, 0.6) is 0 Å². The minimum absolute atomic E-state index is 0.233. The molecule has 5 heteroatoms. The minimum atomic E-state index is -1.02. The molecular weight excluding hydrogens is 208 g/mol. The van der Waals surface area contributed by atoms with Crippen molar-refractivity contribution in [1.29, 1.82) is 0 Å². The number of rotatable bonds is 1. The Labute approximate surface area is 96.0 Å². The fourth-order valence-electron chi connectivity index (χ4n) is 2.23. The van der Waals surface area contributed by atoms with E-state index in [-0.39, 0.29) is 15.9 Å². The van der Waals surface area contributed by atoms with Crippen LogP contribution in [0.2, 0.25) is 0 Å². The van der Waals surface area contributed by atoms with Crippen molar-refractivity contribution in [2.24, 2.45) is 0 Å². The highest BCUT2D eigenvalue weighted by atomic mass is 16.4. The summed E-state index contributed by atoms with van der Waals surface area (Å²) >= 11 is 0. The lowest BCUT2D eigenvalue weighted by Gasteiger charge is -2.45. The van der Waals surface area contributed by atoms with Crippen molar-refractivity contribution >= 4 is 11.9 Å². The number of nitrogens with one attached hydrogen (secondary N) is 1. The molecule has 5 nitrogen and oxygen atoms in total. The molecule has 0 aromatic carbocycles. The summed E-state index contributed by atoms with van der Waals surface area (Å²) in [6.07, 6.45) is 0.745. The maximum atomic E-state index is 11.4. The Morgan fingerprint density at radius 2 is 1.94 bits per heavy atom. The van der Waals surface area contributed by atoms with Gasteiger partial charge in [-0.3, -0.25) is 4.79 Å². The molecule has 0 aromatic heterocycles. The van der Waals surface area contributed by atoms with Gasteiger partial charge in [-0.1, -0.05) is 0 Å². The lowest BCUT2D eigenvalue weighted by Crippen LogP contribution is -2.69. The molecule has 1 unspecified atom stereocenters. The largest absolute Gasteiger partial charge is 0.462 e. The van der Waals surface area contributed by atoms with Crippen molar-refractivity contribution in [2.45, 2.75) is 45.6 Å². The van der Waals surface area contributed by atoms with E-state index in [1.54, 1.807) is 0 Å². The molecule has 1 amide bonds. The quantitative estimate of drug-likeness (QED) is 0.670. The van der Waals surface area contributed by atoms with Gasteiger partial charge in [0.15, 0.2) is 0 Å². The smallest absolute Gasteiger partial charge is 0.449 e. The van der Waals surface area contributed by atoms with Crippen LogP contribution < -0.4 is 5.43 Å². The molecule has 16 heavy (non-hydrogen) atoms. The van der Waals surface area contributed by atoms with Crippen LogP contribution in [0.4, 0.5) is 4.79 Å². The SMILES string of the molecule is CC(C)(C)[N+]1(NC(=O)O)CCCC(=O)CC1. The summed E-state index contributed by atoms with van der Waals surface area (Å²) in [5, 5.41) is 8.94. The Hall–Kier alpha value is -1.10. The van der Waals surface area contributed by atoms with Crippen LogP contribution in [-0.2, 0) is 4.79 Å². The van der Waals surface area contributed by atoms with E-state index in [1.165, 1.54) is 0 Å². The molecule has 0 saturated carbocycles. The molecule has 0 radical (unpaired) electrons. The Morgan fingerprint density at radius 1 is 1.31 bits per heavy atom. The van der Waals surface area contributed by atoms with Crippen molar-refractivity contribution < 1.29 is 19.3 Å². The summed E-state index contributed by atoms with van der Waals surface area (Å²) in [6, 6.07) is 0. The van der Waals surface area contributed by atoms with Gasteiger partial charge in [0.05, 0.1) is 6.42 Å². The number of carbonyl (C=O) groups excluding carboxylic acids is 1. The van der Waals surface area contributed by atoms with Crippen LogP contribution in [0.15, 0.2) is 0 Å². The number of nitrogens with zero attached hydrogens (tertiary/aromatic N) is 1. The fraction of sp³-hybridized carbons (Fsp3) is 0.818. The second-order valence-corrected chi connectivity index (χ2v) is 5.40. The highest BCUT2D eigenvalue weighted by Crippen LogP contribution is 2.26. The summed E-state index contributed by atoms with van der Waals surface area (Å²) in [6.45, 7) is 7.23. The van der Waals surface area contributed by atoms with Crippen LogP contribution in [0.1, 0.15) is 40.0 Å². The van der Waals surface area contributed by atoms with E-state index < -0.39 is 6.09 Å². The normalized spacial score (nSPS) is 27.3. The lowest BCUT2D eigenvalue weighted by molar-refractivity contribution is -1.00. The molecule has 2 N–H and O–H groups in total. The van der Waals surface area contributed by atoms with Crippen LogP contribution >= 0.6 is 0 Å². The fourth-order valence-corrected chi connectivity index (χ4v) is 2.23. The number of likely N-dealkylation sites (tertiary alicyclic amines) is 1. The van der Waals surface area contributed by atoms with Gasteiger partial charge in [-0.15, -0.1) is 0 Å². The molecule has 0 spiro atoms. The molecule has 0 aromatic rings. The van der Waals surface area contributed by atoms with E-state index in [0.29, 0.717) is 25.9 Å². The van der Waals surface area contributed by atoms with E-state index in [9.17, 15) is 9.59 Å². The Morgan fingerprint density at radius 3 is 2.44 bits per heavy atom. The molecule has 1 atom stereocenters. The summed E-state index contributed by atoms with van der Waals surface area (Å²) in [5.41, 5.74) is 2.36. The van der Waals surface area contributed by atoms with Gasteiger partial charge >= 0.3 is 6.09 Å². The van der Waals surface area contributed by atoms with Gasteiger partial charge in [-0.05, 0) is 20.8 Å². The summed E-state index contributed by atoms with van der Waals surface area (Å²) in [7, 11) is 0. The molecule has 1 aliphatic rings. The maximum absolute atomic E-state index is 11.4. The zero-order valence-electron chi connectivity index (χ0n) is 10.2. The van der Waals surface area contributed by atoms with Gasteiger partial charge in [-0.2, -0.15) is 5.43 Å². The number of hydrogen-bond acceptors (Lipinski definition) is 2. The number of hydrogen-bond donors (Lipinski definition) is 2. The number of Topliss-reactive ketones (excluding diaryl/α,β-unsaturated/α-hetero) is 1. The third-order valence-corrected chi connectivity index (χ3v) is 3.36. The second kappa shape index (κ2) is 4.41. The molecule has 1 saturated heterocycles. The van der Waals surface area contributed by atoms with Crippen LogP contribution in [0.3, 0.4) is 0 Å². The zero-order valence-corrected chi connectivity index (χ0v) is 10.2. The standard InChI is InChI=1S/C11H20N2O3/c1-11(2,3)13(12-10(15)16)7-4-5-9(14)6-8-13/h12H,4-8H2,1-3H3/p+1. The number of carboxylic acid groups (broad SMARTS) is 1. The van der Waals surface area contributed by atoms with Crippen molar-refractivity contribution in [3.05, 3.63) is 0 Å². The Bertz CT molecular complexity index is 296. The highest BCUT2D eigenvalue weighted by Gasteiger charge is 2.43. The maximum Gasteiger partial charge on any atom is 0.449 e. The molecule has 1 aliphatic heterocycles. The number of amides is 1. The van der Waals surface area contributed by atoms with Crippen LogP contribution in [0, 0.1) is 0 Å². The third kappa shape index (κ3) is 2.72. The predicted octanol–water partition coefficient (Wildman–Crippen LogP) is 1.54. The van der Waals surface area contributed by atoms with Gasteiger partial charge in [0.2, 0.25) is 0 Å². The first-order valence-corrected chi connectivity index (χ1v) is 5.67. The van der Waals surface area contributed by atoms with E-state index >= 15 is 0 Å². The number of carbonyl (C=O) groups is 2. The zero-order chi connectivity index (χ0) is 12.4.